The van der Waals surface area contributed by atoms with Crippen molar-refractivity contribution in [3.8, 4) is 6.01 Å². The highest BCUT2D eigenvalue weighted by atomic mass is 32.1. The van der Waals surface area contributed by atoms with Gasteiger partial charge in [0.25, 0.3) is 0 Å². The number of aromatic nitrogens is 4. The lowest BCUT2D eigenvalue weighted by Crippen LogP contribution is -2.12. The van der Waals surface area contributed by atoms with Crippen LogP contribution in [0.1, 0.15) is 24.9 Å². The second-order valence-corrected chi connectivity index (χ2v) is 4.40. The smallest absolute Gasteiger partial charge is 0.323 e. The van der Waals surface area contributed by atoms with E-state index in [2.05, 4.69) is 25.3 Å². The van der Waals surface area contributed by atoms with Gasteiger partial charge in [0.05, 0.1) is 12.6 Å². The van der Waals surface area contributed by atoms with Crippen molar-refractivity contribution in [3.63, 3.8) is 0 Å². The van der Waals surface area contributed by atoms with Crippen LogP contribution in [0.5, 0.6) is 6.01 Å². The summed E-state index contributed by atoms with van der Waals surface area (Å²) in [6, 6.07) is 0.222. The molecule has 0 amide bonds. The number of nitrogens with zero attached hydrogens (tertiary/aromatic N) is 4. The van der Waals surface area contributed by atoms with E-state index in [4.69, 9.17) is 10.5 Å². The predicted molar refractivity (Wildman–Crippen MR) is 69.6 cm³/mol. The van der Waals surface area contributed by atoms with Crippen LogP contribution >= 0.6 is 11.3 Å². The van der Waals surface area contributed by atoms with Crippen LogP contribution in [0.2, 0.25) is 0 Å². The third-order valence-electron chi connectivity index (χ3n) is 2.07. The Morgan fingerprint density at radius 2 is 2.28 bits per heavy atom. The molecule has 0 aliphatic heterocycles. The highest BCUT2D eigenvalue weighted by molar-refractivity contribution is 7.09. The van der Waals surface area contributed by atoms with E-state index >= 15 is 0 Å². The molecule has 0 aliphatic carbocycles. The fourth-order valence-electron chi connectivity index (χ4n) is 1.33. The molecule has 0 radical (unpaired) electrons. The lowest BCUT2D eigenvalue weighted by Gasteiger charge is -2.11. The highest BCUT2D eigenvalue weighted by Crippen LogP contribution is 2.19. The first-order valence-electron chi connectivity index (χ1n) is 5.49. The molecule has 0 saturated carbocycles. The van der Waals surface area contributed by atoms with Crippen molar-refractivity contribution in [1.29, 1.82) is 0 Å². The molecule has 96 valence electrons. The van der Waals surface area contributed by atoms with Gasteiger partial charge >= 0.3 is 6.01 Å². The van der Waals surface area contributed by atoms with Gasteiger partial charge in [-0.1, -0.05) is 0 Å². The first-order chi connectivity index (χ1) is 8.69. The van der Waals surface area contributed by atoms with Crippen molar-refractivity contribution in [2.75, 3.05) is 17.7 Å². The second-order valence-electron chi connectivity index (χ2n) is 3.47. The van der Waals surface area contributed by atoms with E-state index in [1.807, 2.05) is 19.2 Å². The molecule has 3 N–H and O–H groups in total. The van der Waals surface area contributed by atoms with Crippen LogP contribution in [0.25, 0.3) is 0 Å². The normalized spacial score (nSPS) is 12.1. The third kappa shape index (κ3) is 3.04. The molecule has 0 aromatic carbocycles. The molecular weight excluding hydrogens is 252 g/mol. The molecule has 7 nitrogen and oxygen atoms in total. The van der Waals surface area contributed by atoms with Gasteiger partial charge in [0.15, 0.2) is 0 Å². The minimum Gasteiger partial charge on any atom is -0.464 e. The van der Waals surface area contributed by atoms with Crippen LogP contribution in [0, 0.1) is 0 Å². The zero-order chi connectivity index (χ0) is 13.0. The summed E-state index contributed by atoms with van der Waals surface area (Å²) in [5.41, 5.74) is 5.59. The first-order valence-corrected chi connectivity index (χ1v) is 6.37. The maximum absolute atomic E-state index is 5.59. The minimum absolute atomic E-state index is 0.00118. The molecule has 0 spiro atoms. The number of ether oxygens (including phenoxy) is 1. The van der Waals surface area contributed by atoms with E-state index in [1.165, 1.54) is 0 Å². The molecule has 0 aliphatic rings. The highest BCUT2D eigenvalue weighted by Gasteiger charge is 2.11. The van der Waals surface area contributed by atoms with Gasteiger partial charge in [-0.15, -0.1) is 11.3 Å². The monoisotopic (exact) mass is 266 g/mol. The molecule has 2 heterocycles. The van der Waals surface area contributed by atoms with Gasteiger partial charge in [0, 0.05) is 11.6 Å². The van der Waals surface area contributed by atoms with Gasteiger partial charge in [-0.05, 0) is 13.8 Å². The molecule has 8 heteroatoms. The van der Waals surface area contributed by atoms with Crippen LogP contribution in [-0.4, -0.2) is 26.5 Å². The summed E-state index contributed by atoms with van der Waals surface area (Å²) in [7, 11) is 0. The summed E-state index contributed by atoms with van der Waals surface area (Å²) in [5, 5.41) is 5.98. The van der Waals surface area contributed by atoms with Crippen LogP contribution in [0.15, 0.2) is 11.6 Å². The third-order valence-corrected chi connectivity index (χ3v) is 3.03. The Hall–Kier alpha value is -1.96. The van der Waals surface area contributed by atoms with E-state index in [1.54, 1.807) is 17.5 Å². The molecule has 2 aromatic rings. The number of nitrogens with one attached hydrogen (secondary N) is 1. The van der Waals surface area contributed by atoms with Crippen molar-refractivity contribution in [2.45, 2.75) is 19.9 Å². The van der Waals surface area contributed by atoms with E-state index in [9.17, 15) is 0 Å². The summed E-state index contributed by atoms with van der Waals surface area (Å²) in [6.45, 7) is 4.30. The van der Waals surface area contributed by atoms with Gasteiger partial charge in [0.1, 0.15) is 5.01 Å². The predicted octanol–water partition coefficient (Wildman–Crippen LogP) is 1.48. The Morgan fingerprint density at radius 3 is 2.94 bits per heavy atom. The Morgan fingerprint density at radius 1 is 1.44 bits per heavy atom. The fourth-order valence-corrected chi connectivity index (χ4v) is 1.98. The van der Waals surface area contributed by atoms with Gasteiger partial charge in [-0.3, -0.25) is 0 Å². The van der Waals surface area contributed by atoms with Gasteiger partial charge < -0.3 is 15.8 Å². The Bertz CT molecular complexity index is 503. The molecule has 2 aromatic heterocycles. The summed E-state index contributed by atoms with van der Waals surface area (Å²) >= 11 is 1.56. The molecule has 0 fully saturated rings. The molecular formula is C10H14N6OS. The van der Waals surface area contributed by atoms with Crippen molar-refractivity contribution in [3.05, 3.63) is 16.6 Å². The molecule has 1 atom stereocenters. The quantitative estimate of drug-likeness (QED) is 0.845. The molecule has 18 heavy (non-hydrogen) atoms. The average Bonchev–Trinajstić information content (AvgIpc) is 2.81. The minimum atomic E-state index is 0.00118. The van der Waals surface area contributed by atoms with Crippen molar-refractivity contribution in [2.24, 2.45) is 0 Å². The maximum atomic E-state index is 5.59. The molecule has 1 unspecified atom stereocenters. The average molecular weight is 266 g/mol. The summed E-state index contributed by atoms with van der Waals surface area (Å²) in [5.74, 6) is 0.510. The van der Waals surface area contributed by atoms with Crippen molar-refractivity contribution >= 4 is 23.2 Å². The van der Waals surface area contributed by atoms with Crippen LogP contribution in [0.3, 0.4) is 0 Å². The number of hydrogen-bond acceptors (Lipinski definition) is 8. The second kappa shape index (κ2) is 5.58. The van der Waals surface area contributed by atoms with Crippen LogP contribution < -0.4 is 15.8 Å². The largest absolute Gasteiger partial charge is 0.464 e. The van der Waals surface area contributed by atoms with Crippen LogP contribution in [-0.2, 0) is 0 Å². The number of hydrogen-bond donors (Lipinski definition) is 2. The van der Waals surface area contributed by atoms with Crippen molar-refractivity contribution in [1.82, 2.24) is 19.9 Å². The fraction of sp³-hybridized carbons (Fsp3) is 0.400. The van der Waals surface area contributed by atoms with Gasteiger partial charge in [-0.2, -0.15) is 15.0 Å². The summed E-state index contributed by atoms with van der Waals surface area (Å²) < 4.78 is 5.20. The van der Waals surface area contributed by atoms with Gasteiger partial charge in [-0.25, -0.2) is 4.98 Å². The molecule has 2 rings (SSSR count). The maximum Gasteiger partial charge on any atom is 0.323 e. The number of thiazole rings is 1. The zero-order valence-corrected chi connectivity index (χ0v) is 10.9. The van der Waals surface area contributed by atoms with E-state index in [-0.39, 0.29) is 18.0 Å². The Balaban J connectivity index is 2.13. The lowest BCUT2D eigenvalue weighted by atomic mass is 10.4. The molecule has 0 bridgehead atoms. The number of rotatable bonds is 5. The summed E-state index contributed by atoms with van der Waals surface area (Å²) in [4.78, 5) is 16.2. The first kappa shape index (κ1) is 12.5. The van der Waals surface area contributed by atoms with Crippen molar-refractivity contribution < 1.29 is 4.74 Å². The van der Waals surface area contributed by atoms with E-state index in [0.717, 1.165) is 5.01 Å². The lowest BCUT2D eigenvalue weighted by molar-refractivity contribution is 0.312. The Kier molecular flexibility index (Phi) is 3.88. The number of anilines is 2. The SMILES string of the molecule is CCOc1nc(N)nc(NC(C)c2nccs2)n1. The van der Waals surface area contributed by atoms with Gasteiger partial charge in [0.2, 0.25) is 11.9 Å². The Labute approximate surface area is 108 Å². The van der Waals surface area contributed by atoms with E-state index < -0.39 is 0 Å². The number of nitrogen functional groups attached to an aromatic ring is 1. The zero-order valence-electron chi connectivity index (χ0n) is 10.1. The number of nitrogens with two attached hydrogens (primary N) is 1. The topological polar surface area (TPSA) is 98.8 Å². The van der Waals surface area contributed by atoms with Crippen LogP contribution in [0.4, 0.5) is 11.9 Å². The molecule has 0 saturated heterocycles. The summed E-state index contributed by atoms with van der Waals surface area (Å²) in [6.07, 6.45) is 1.76. The van der Waals surface area contributed by atoms with E-state index in [0.29, 0.717) is 12.6 Å². The standard InChI is InChI=1S/C10H14N6OS/c1-3-17-10-15-8(11)14-9(16-10)13-6(2)7-12-4-5-18-7/h4-6H,3H2,1-2H3,(H3,11,13,14,15,16).